The van der Waals surface area contributed by atoms with Crippen LogP contribution in [0.1, 0.15) is 159 Å². The maximum atomic E-state index is 13.9. The maximum absolute atomic E-state index is 13.9. The van der Waals surface area contributed by atoms with Gasteiger partial charge in [0.25, 0.3) is 0 Å². The van der Waals surface area contributed by atoms with E-state index in [9.17, 15) is 24.3 Å². The predicted octanol–water partition coefficient (Wildman–Crippen LogP) is 9.19. The number of nitrogens with one attached hydrogen (secondary N) is 1. The number of aliphatic carboxylic acids is 1. The summed E-state index contributed by atoms with van der Waals surface area (Å²) in [6.45, 7) is 19.5. The Kier molecular flexibility index (Phi) is 9.45. The third-order valence-corrected chi connectivity index (χ3v) is 16.0. The van der Waals surface area contributed by atoms with Gasteiger partial charge in [-0.2, -0.15) is 0 Å². The second-order valence-corrected chi connectivity index (χ2v) is 19.8. The summed E-state index contributed by atoms with van der Waals surface area (Å²) in [5.74, 6) is -0.0557. The quantitative estimate of drug-likeness (QED) is 0.255. The Morgan fingerprint density at radius 2 is 1.52 bits per heavy atom. The van der Waals surface area contributed by atoms with Crippen molar-refractivity contribution in [2.45, 2.75) is 176 Å². The van der Waals surface area contributed by atoms with Crippen LogP contribution in [0.25, 0.3) is 0 Å². The number of amides is 1. The van der Waals surface area contributed by atoms with Gasteiger partial charge in [-0.3, -0.25) is 14.4 Å². The van der Waals surface area contributed by atoms with Gasteiger partial charge >= 0.3 is 18.0 Å². The van der Waals surface area contributed by atoms with E-state index in [1.165, 1.54) is 12.0 Å². The predicted molar refractivity (Wildman–Crippen MR) is 192 cm³/mol. The standard InChI is InChI=1S/C42H65NO7/c1-25(2)33-28(44)23-42(43-36(48)49-26-13-11-10-12-14-26)22-21-40(8)27(34(33)42)15-16-30-39(7)19-18-31(50-32(45)24-37(3,4)35(46)47)38(5,6)29(39)17-20-41(30,40)9/h25-27,29-31H,10-24H2,1-9H3,(H,43,48)(H,46,47)/t27?,29?,30?,31-,39-,40+,41+,42+/m0/s1. The van der Waals surface area contributed by atoms with E-state index in [1.54, 1.807) is 13.8 Å². The minimum Gasteiger partial charge on any atom is -0.481 e. The molecule has 6 aliphatic carbocycles. The van der Waals surface area contributed by atoms with E-state index in [4.69, 9.17) is 9.47 Å². The number of ketones is 1. The van der Waals surface area contributed by atoms with Crippen LogP contribution in [0.5, 0.6) is 0 Å². The van der Waals surface area contributed by atoms with Gasteiger partial charge in [0.2, 0.25) is 0 Å². The van der Waals surface area contributed by atoms with Crippen molar-refractivity contribution in [3.63, 3.8) is 0 Å². The fourth-order valence-electron chi connectivity index (χ4n) is 13.1. The molecule has 8 nitrogen and oxygen atoms in total. The van der Waals surface area contributed by atoms with Crippen LogP contribution >= 0.6 is 0 Å². The number of carbonyl (C=O) groups is 4. The third kappa shape index (κ3) is 5.76. The molecule has 5 fully saturated rings. The van der Waals surface area contributed by atoms with Gasteiger partial charge in [-0.05, 0) is 142 Å². The van der Waals surface area contributed by atoms with Crippen molar-refractivity contribution in [3.05, 3.63) is 11.1 Å². The largest absolute Gasteiger partial charge is 0.481 e. The molecule has 50 heavy (non-hydrogen) atoms. The van der Waals surface area contributed by atoms with Gasteiger partial charge < -0.3 is 19.9 Å². The van der Waals surface area contributed by atoms with Crippen LogP contribution in [0.4, 0.5) is 4.79 Å². The molecule has 3 unspecified atom stereocenters. The van der Waals surface area contributed by atoms with Crippen molar-refractivity contribution in [3.8, 4) is 0 Å². The summed E-state index contributed by atoms with van der Waals surface area (Å²) < 4.78 is 12.2. The number of Topliss-reactive ketones (excluding diaryl/α,β-unsaturated/α-hetero) is 1. The summed E-state index contributed by atoms with van der Waals surface area (Å²) in [4.78, 5) is 52.3. The molecule has 0 saturated heterocycles. The van der Waals surface area contributed by atoms with Crippen LogP contribution in [0.3, 0.4) is 0 Å². The van der Waals surface area contributed by atoms with Crippen molar-refractivity contribution in [1.29, 1.82) is 0 Å². The fraction of sp³-hybridized carbons (Fsp3) is 0.857. The highest BCUT2D eigenvalue weighted by Gasteiger charge is 2.70. The first-order chi connectivity index (χ1) is 23.2. The molecule has 0 aromatic rings. The maximum Gasteiger partial charge on any atom is 0.408 e. The molecule has 0 aliphatic heterocycles. The second kappa shape index (κ2) is 12.6. The number of carboxylic acid groups (broad SMARTS) is 1. The molecule has 0 radical (unpaired) electrons. The van der Waals surface area contributed by atoms with E-state index in [-0.39, 0.29) is 64.0 Å². The van der Waals surface area contributed by atoms with Crippen LogP contribution in [0.2, 0.25) is 0 Å². The normalized spacial score (nSPS) is 39.9. The molecule has 0 bridgehead atoms. The highest BCUT2D eigenvalue weighted by molar-refractivity contribution is 6.02. The molecular weight excluding hydrogens is 630 g/mol. The number of alkyl carbamates (subject to hydrolysis) is 1. The van der Waals surface area contributed by atoms with Crippen molar-refractivity contribution in [2.75, 3.05) is 0 Å². The molecule has 280 valence electrons. The van der Waals surface area contributed by atoms with E-state index in [0.29, 0.717) is 18.3 Å². The van der Waals surface area contributed by atoms with Crippen LogP contribution in [0.15, 0.2) is 11.1 Å². The van der Waals surface area contributed by atoms with Crippen molar-refractivity contribution in [1.82, 2.24) is 5.32 Å². The minimum absolute atomic E-state index is 0.0294. The van der Waals surface area contributed by atoms with Crippen LogP contribution in [0, 0.1) is 50.7 Å². The van der Waals surface area contributed by atoms with Gasteiger partial charge in [0, 0.05) is 11.8 Å². The Labute approximate surface area is 300 Å². The number of carbonyl (C=O) groups excluding carboxylic acids is 3. The van der Waals surface area contributed by atoms with Gasteiger partial charge in [-0.15, -0.1) is 0 Å². The minimum atomic E-state index is -1.16. The van der Waals surface area contributed by atoms with Gasteiger partial charge in [-0.25, -0.2) is 4.79 Å². The Balaban J connectivity index is 1.27. The molecule has 0 aromatic heterocycles. The summed E-state index contributed by atoms with van der Waals surface area (Å²) in [5.41, 5.74) is 0.184. The lowest BCUT2D eigenvalue weighted by atomic mass is 9.33. The zero-order valence-electron chi connectivity index (χ0n) is 32.5. The van der Waals surface area contributed by atoms with Gasteiger partial charge in [0.1, 0.15) is 12.2 Å². The Bertz CT molecular complexity index is 1440. The monoisotopic (exact) mass is 695 g/mol. The molecule has 5 saturated carbocycles. The number of hydrogen-bond donors (Lipinski definition) is 2. The SMILES string of the molecule is CC(C)C1=C2C3CCC4[C@@]5(C)CC[C@H](OC(=O)CC(C)(C)C(=O)O)C(C)(C)C5CC[C@@]4(C)[C@]3(C)CC[C@@]2(NC(=O)OC2CCCCC2)CC1=O. The van der Waals surface area contributed by atoms with E-state index in [1.807, 2.05) is 0 Å². The topological polar surface area (TPSA) is 119 Å². The molecule has 0 heterocycles. The second-order valence-electron chi connectivity index (χ2n) is 19.8. The summed E-state index contributed by atoms with van der Waals surface area (Å²) in [6.07, 6.45) is 12.5. The first-order valence-electron chi connectivity index (χ1n) is 19.9. The molecule has 8 atom stereocenters. The molecule has 1 amide bonds. The highest BCUT2D eigenvalue weighted by Crippen LogP contribution is 2.76. The molecule has 6 rings (SSSR count). The van der Waals surface area contributed by atoms with E-state index in [2.05, 4.69) is 53.8 Å². The van der Waals surface area contributed by atoms with Crippen molar-refractivity contribution >= 4 is 23.8 Å². The van der Waals surface area contributed by atoms with E-state index >= 15 is 0 Å². The molecule has 2 N–H and O–H groups in total. The first kappa shape index (κ1) is 37.4. The van der Waals surface area contributed by atoms with Gasteiger partial charge in [0.15, 0.2) is 5.78 Å². The molecule has 6 aliphatic rings. The number of hydrogen-bond acceptors (Lipinski definition) is 6. The zero-order valence-corrected chi connectivity index (χ0v) is 32.5. The van der Waals surface area contributed by atoms with Crippen molar-refractivity contribution < 1.29 is 33.8 Å². The third-order valence-electron chi connectivity index (χ3n) is 16.0. The van der Waals surface area contributed by atoms with Crippen molar-refractivity contribution in [2.24, 2.45) is 50.7 Å². The molecule has 0 aromatic carbocycles. The number of allylic oxidation sites excluding steroid dienone is 1. The Morgan fingerprint density at radius 1 is 0.840 bits per heavy atom. The van der Waals surface area contributed by atoms with Crippen LogP contribution in [-0.4, -0.2) is 46.7 Å². The number of rotatable bonds is 7. The number of ether oxygens (including phenoxy) is 2. The summed E-state index contributed by atoms with van der Waals surface area (Å²) >= 11 is 0. The molecule has 8 heteroatoms. The first-order valence-corrected chi connectivity index (χ1v) is 19.9. The summed E-state index contributed by atoms with van der Waals surface area (Å²) in [6, 6.07) is 0. The molecule has 0 spiro atoms. The smallest absolute Gasteiger partial charge is 0.408 e. The number of carboxylic acids is 1. The van der Waals surface area contributed by atoms with Crippen LogP contribution < -0.4 is 5.32 Å². The lowest BCUT2D eigenvalue weighted by molar-refractivity contribution is -0.232. The number of fused-ring (bicyclic) bond motifs is 7. The fourth-order valence-corrected chi connectivity index (χ4v) is 13.1. The molecular formula is C42H65NO7. The highest BCUT2D eigenvalue weighted by atomic mass is 16.6. The summed E-state index contributed by atoms with van der Waals surface area (Å²) in [5, 5.41) is 13.0. The average Bonchev–Trinajstić information content (AvgIpc) is 3.30. The number of esters is 1. The van der Waals surface area contributed by atoms with Gasteiger partial charge in [-0.1, -0.05) is 54.9 Å². The summed E-state index contributed by atoms with van der Waals surface area (Å²) in [7, 11) is 0. The lowest BCUT2D eigenvalue weighted by Gasteiger charge is -2.72. The Morgan fingerprint density at radius 3 is 2.16 bits per heavy atom. The zero-order chi connectivity index (χ0) is 36.7. The van der Waals surface area contributed by atoms with Gasteiger partial charge in [0.05, 0.1) is 17.4 Å². The Hall–Kier alpha value is -2.38. The van der Waals surface area contributed by atoms with E-state index in [0.717, 1.165) is 82.6 Å². The lowest BCUT2D eigenvalue weighted by Crippen LogP contribution is -2.67. The van der Waals surface area contributed by atoms with E-state index < -0.39 is 22.9 Å². The average molecular weight is 696 g/mol. The van der Waals surface area contributed by atoms with Crippen LogP contribution in [-0.2, 0) is 23.9 Å².